The van der Waals surface area contributed by atoms with Gasteiger partial charge in [-0.25, -0.2) is 0 Å². The molecule has 0 radical (unpaired) electrons. The molecule has 5 nitrogen and oxygen atoms in total. The van der Waals surface area contributed by atoms with E-state index in [9.17, 15) is 0 Å². The summed E-state index contributed by atoms with van der Waals surface area (Å²) in [6.45, 7) is 2.86. The molecule has 0 aliphatic heterocycles. The van der Waals surface area contributed by atoms with Crippen LogP contribution in [0.5, 0.6) is 0 Å². The first-order valence-electron chi connectivity index (χ1n) is 5.73. The minimum absolute atomic E-state index is 0.787. The van der Waals surface area contributed by atoms with Crippen molar-refractivity contribution in [1.82, 2.24) is 19.8 Å². The smallest absolute Gasteiger partial charge is 0.178 e. The first-order chi connectivity index (χ1) is 8.31. The molecule has 0 aliphatic rings. The summed E-state index contributed by atoms with van der Waals surface area (Å²) >= 11 is 1.89. The quantitative estimate of drug-likeness (QED) is 0.796. The van der Waals surface area contributed by atoms with E-state index in [1.807, 2.05) is 30.8 Å². The van der Waals surface area contributed by atoms with Gasteiger partial charge < -0.3 is 5.32 Å². The minimum Gasteiger partial charge on any atom is -0.369 e. The predicted molar refractivity (Wildman–Crippen MR) is 71.6 cm³/mol. The van der Waals surface area contributed by atoms with E-state index < -0.39 is 0 Å². The van der Waals surface area contributed by atoms with Gasteiger partial charge in [-0.2, -0.15) is 16.3 Å². The highest BCUT2D eigenvalue weighted by molar-refractivity contribution is 7.98. The maximum atomic E-state index is 4.43. The Labute approximate surface area is 105 Å². The van der Waals surface area contributed by atoms with Crippen LogP contribution < -0.4 is 5.32 Å². The lowest BCUT2D eigenvalue weighted by Crippen LogP contribution is -2.06. The summed E-state index contributed by atoms with van der Waals surface area (Å²) in [6.07, 6.45) is 4.54. The lowest BCUT2D eigenvalue weighted by atomic mass is 10.3. The van der Waals surface area contributed by atoms with E-state index in [2.05, 4.69) is 26.9 Å². The molecule has 92 valence electrons. The highest BCUT2D eigenvalue weighted by Crippen LogP contribution is 2.07. The molecule has 0 spiro atoms. The van der Waals surface area contributed by atoms with Gasteiger partial charge >= 0.3 is 0 Å². The Bertz CT molecular complexity index is 482. The first kappa shape index (κ1) is 12.2. The predicted octanol–water partition coefficient (Wildman–Crippen LogP) is 1.99. The molecule has 6 heteroatoms. The number of rotatable bonds is 6. The molecule has 17 heavy (non-hydrogen) atoms. The molecule has 2 aromatic heterocycles. The van der Waals surface area contributed by atoms with E-state index in [0.717, 1.165) is 23.8 Å². The van der Waals surface area contributed by atoms with Crippen molar-refractivity contribution in [2.24, 2.45) is 0 Å². The molecule has 0 bridgehead atoms. The third-order valence-electron chi connectivity index (χ3n) is 2.50. The number of nitrogens with zero attached hydrogens (tertiary/aromatic N) is 4. The number of aryl methyl sites for hydroxylation is 1. The summed E-state index contributed by atoms with van der Waals surface area (Å²) in [5.74, 6) is 2.91. The minimum atomic E-state index is 0.787. The van der Waals surface area contributed by atoms with Gasteiger partial charge in [0.15, 0.2) is 11.5 Å². The monoisotopic (exact) mass is 251 g/mol. The molecular formula is C11H17N5S. The zero-order valence-electron chi connectivity index (χ0n) is 10.2. The third kappa shape index (κ3) is 3.09. The summed E-state index contributed by atoms with van der Waals surface area (Å²) in [7, 11) is 0. The Kier molecular flexibility index (Phi) is 4.19. The van der Waals surface area contributed by atoms with Crippen LogP contribution in [-0.2, 0) is 0 Å². The van der Waals surface area contributed by atoms with Crippen molar-refractivity contribution in [2.75, 3.05) is 23.9 Å². The zero-order valence-corrected chi connectivity index (χ0v) is 11.0. The molecule has 0 amide bonds. The van der Waals surface area contributed by atoms with Crippen LogP contribution in [0.1, 0.15) is 18.7 Å². The average Bonchev–Trinajstić information content (AvgIpc) is 2.71. The Hall–Kier alpha value is -1.30. The topological polar surface area (TPSA) is 55.1 Å². The van der Waals surface area contributed by atoms with Gasteiger partial charge in [-0.3, -0.25) is 0 Å². The third-order valence-corrected chi connectivity index (χ3v) is 3.20. The first-order valence-corrected chi connectivity index (χ1v) is 7.12. The van der Waals surface area contributed by atoms with Gasteiger partial charge in [-0.1, -0.05) is 0 Å². The number of anilines is 1. The molecule has 0 unspecified atom stereocenters. The number of thioether (sulfide) groups is 1. The Morgan fingerprint density at radius 1 is 1.29 bits per heavy atom. The second-order valence-electron chi connectivity index (χ2n) is 3.86. The van der Waals surface area contributed by atoms with Gasteiger partial charge in [0, 0.05) is 6.54 Å². The van der Waals surface area contributed by atoms with Crippen LogP contribution in [0.2, 0.25) is 0 Å². The van der Waals surface area contributed by atoms with Gasteiger partial charge in [-0.15, -0.1) is 15.3 Å². The summed E-state index contributed by atoms with van der Waals surface area (Å²) in [5, 5.41) is 15.7. The Morgan fingerprint density at radius 3 is 3.00 bits per heavy atom. The number of nitrogens with one attached hydrogen (secondary N) is 1. The van der Waals surface area contributed by atoms with Crippen LogP contribution in [0.3, 0.4) is 0 Å². The van der Waals surface area contributed by atoms with E-state index in [-0.39, 0.29) is 0 Å². The Balaban J connectivity index is 1.92. The van der Waals surface area contributed by atoms with Gasteiger partial charge in [-0.05, 0) is 43.9 Å². The maximum Gasteiger partial charge on any atom is 0.178 e. The zero-order chi connectivity index (χ0) is 12.1. The second kappa shape index (κ2) is 5.86. The summed E-state index contributed by atoms with van der Waals surface area (Å²) < 4.78 is 1.75. The summed E-state index contributed by atoms with van der Waals surface area (Å²) in [5.41, 5.74) is 0.787. The second-order valence-corrected chi connectivity index (χ2v) is 4.85. The fourth-order valence-corrected chi connectivity index (χ4v) is 2.07. The number of hydrogen-bond donors (Lipinski definition) is 1. The summed E-state index contributed by atoms with van der Waals surface area (Å²) in [4.78, 5) is 0. The van der Waals surface area contributed by atoms with Crippen LogP contribution in [0.25, 0.3) is 5.65 Å². The normalized spacial score (nSPS) is 10.9. The molecule has 0 saturated heterocycles. The van der Waals surface area contributed by atoms with Crippen molar-refractivity contribution in [2.45, 2.75) is 19.8 Å². The molecule has 1 N–H and O–H groups in total. The van der Waals surface area contributed by atoms with Crippen LogP contribution in [0.15, 0.2) is 12.1 Å². The van der Waals surface area contributed by atoms with E-state index in [0.29, 0.717) is 0 Å². The molecule has 0 atom stereocenters. The molecule has 2 rings (SSSR count). The van der Waals surface area contributed by atoms with Gasteiger partial charge in [0.05, 0.1) is 0 Å². The fourth-order valence-electron chi connectivity index (χ4n) is 1.58. The Morgan fingerprint density at radius 2 is 2.18 bits per heavy atom. The average molecular weight is 251 g/mol. The number of unbranched alkanes of at least 4 members (excludes halogenated alkanes) is 1. The largest absolute Gasteiger partial charge is 0.369 e. The highest BCUT2D eigenvalue weighted by Gasteiger charge is 2.02. The van der Waals surface area contributed by atoms with E-state index in [1.165, 1.54) is 18.6 Å². The lowest BCUT2D eigenvalue weighted by Gasteiger charge is -2.05. The number of hydrogen-bond acceptors (Lipinski definition) is 5. The van der Waals surface area contributed by atoms with Crippen molar-refractivity contribution in [1.29, 1.82) is 0 Å². The van der Waals surface area contributed by atoms with Gasteiger partial charge in [0.2, 0.25) is 0 Å². The van der Waals surface area contributed by atoms with Crippen LogP contribution >= 0.6 is 11.8 Å². The van der Waals surface area contributed by atoms with Gasteiger partial charge in [0.25, 0.3) is 0 Å². The fraction of sp³-hybridized carbons (Fsp3) is 0.545. The molecular weight excluding hydrogens is 234 g/mol. The van der Waals surface area contributed by atoms with Crippen molar-refractivity contribution < 1.29 is 0 Å². The molecule has 2 heterocycles. The SMILES string of the molecule is CSCCCCNc1ccc2nnc(C)n2n1. The summed E-state index contributed by atoms with van der Waals surface area (Å²) in [6, 6.07) is 3.87. The van der Waals surface area contributed by atoms with Crippen LogP contribution in [0.4, 0.5) is 5.82 Å². The molecule has 0 aromatic carbocycles. The lowest BCUT2D eigenvalue weighted by molar-refractivity contribution is 0.823. The molecule has 0 saturated carbocycles. The van der Waals surface area contributed by atoms with Crippen LogP contribution in [-0.4, -0.2) is 38.4 Å². The molecule has 0 aliphatic carbocycles. The molecule has 2 aromatic rings. The van der Waals surface area contributed by atoms with E-state index in [4.69, 9.17) is 0 Å². The molecule has 0 fully saturated rings. The number of aromatic nitrogens is 4. The van der Waals surface area contributed by atoms with Crippen molar-refractivity contribution in [3.05, 3.63) is 18.0 Å². The number of fused-ring (bicyclic) bond motifs is 1. The maximum absolute atomic E-state index is 4.43. The highest BCUT2D eigenvalue weighted by atomic mass is 32.2. The van der Waals surface area contributed by atoms with Crippen molar-refractivity contribution in [3.8, 4) is 0 Å². The van der Waals surface area contributed by atoms with Crippen molar-refractivity contribution >= 4 is 23.2 Å². The van der Waals surface area contributed by atoms with Crippen LogP contribution in [0, 0.1) is 6.92 Å². The van der Waals surface area contributed by atoms with E-state index >= 15 is 0 Å². The van der Waals surface area contributed by atoms with Crippen molar-refractivity contribution in [3.63, 3.8) is 0 Å². The van der Waals surface area contributed by atoms with Gasteiger partial charge in [0.1, 0.15) is 5.82 Å². The van der Waals surface area contributed by atoms with E-state index in [1.54, 1.807) is 4.52 Å². The standard InChI is InChI=1S/C11H17N5S/c1-9-13-14-11-6-5-10(15-16(9)11)12-7-3-4-8-17-2/h5-6H,3-4,7-8H2,1-2H3,(H,12,15).